The molecule has 2 bridgehead atoms. The van der Waals surface area contributed by atoms with Crippen LogP contribution in [0.25, 0.3) is 0 Å². The lowest BCUT2D eigenvalue weighted by Crippen LogP contribution is -2.32. The molecule has 8 heteroatoms. The summed E-state index contributed by atoms with van der Waals surface area (Å²) in [5.41, 5.74) is 3.46. The van der Waals surface area contributed by atoms with E-state index < -0.39 is 9.85 Å². The van der Waals surface area contributed by atoms with Crippen molar-refractivity contribution in [3.63, 3.8) is 0 Å². The van der Waals surface area contributed by atoms with Crippen molar-refractivity contribution in [3.05, 3.63) is 38.4 Å². The number of nitro benzene ring substituents is 2. The first-order chi connectivity index (χ1) is 11.2. The van der Waals surface area contributed by atoms with Crippen LogP contribution in [0.3, 0.4) is 0 Å². The zero-order valence-corrected chi connectivity index (χ0v) is 13.9. The molecule has 3 rings (SSSR count). The summed E-state index contributed by atoms with van der Waals surface area (Å²) in [6.45, 7) is 6.70. The predicted octanol–water partition coefficient (Wildman–Crippen LogP) is 4.12. The molecule has 2 fully saturated rings. The molecule has 1 N–H and O–H groups in total. The maximum atomic E-state index is 11.2. The van der Waals surface area contributed by atoms with Crippen molar-refractivity contribution >= 4 is 22.8 Å². The summed E-state index contributed by atoms with van der Waals surface area (Å²) in [4.78, 5) is 20.7. The second-order valence-corrected chi connectivity index (χ2v) is 7.38. The molecule has 2 atom stereocenters. The molecule has 2 aliphatic rings. The number of hydrogen-bond acceptors (Lipinski definition) is 6. The van der Waals surface area contributed by atoms with Crippen LogP contribution in [0, 0.1) is 37.0 Å². The first-order valence-corrected chi connectivity index (χ1v) is 7.93. The van der Waals surface area contributed by atoms with Crippen LogP contribution in [0.4, 0.5) is 17.1 Å². The fourth-order valence-corrected chi connectivity index (χ4v) is 4.10. The molecule has 0 unspecified atom stereocenters. The van der Waals surface area contributed by atoms with Gasteiger partial charge in [0.15, 0.2) is 0 Å². The average molecular weight is 332 g/mol. The summed E-state index contributed by atoms with van der Waals surface area (Å²) in [6, 6.07) is 3.53. The zero-order chi connectivity index (χ0) is 17.7. The van der Waals surface area contributed by atoms with Crippen LogP contribution >= 0.6 is 0 Å². The normalized spacial score (nSPS) is 29.0. The van der Waals surface area contributed by atoms with Crippen molar-refractivity contribution in [1.82, 2.24) is 0 Å². The van der Waals surface area contributed by atoms with E-state index in [0.29, 0.717) is 5.92 Å². The number of nitrogens with zero attached hydrogens (tertiary/aromatic N) is 3. The minimum atomic E-state index is -0.651. The van der Waals surface area contributed by atoms with Crippen LogP contribution in [-0.4, -0.2) is 15.6 Å². The van der Waals surface area contributed by atoms with Crippen molar-refractivity contribution in [2.75, 3.05) is 5.43 Å². The number of non-ortho nitro benzene ring substituents is 1. The van der Waals surface area contributed by atoms with Gasteiger partial charge in [0, 0.05) is 17.2 Å². The monoisotopic (exact) mass is 332 g/mol. The Balaban J connectivity index is 1.90. The van der Waals surface area contributed by atoms with E-state index in [-0.39, 0.29) is 27.9 Å². The van der Waals surface area contributed by atoms with E-state index in [1.807, 2.05) is 0 Å². The number of benzene rings is 1. The molecule has 128 valence electrons. The minimum Gasteiger partial charge on any atom is -0.272 e. The van der Waals surface area contributed by atoms with Crippen LogP contribution in [0.1, 0.15) is 40.0 Å². The van der Waals surface area contributed by atoms with Crippen molar-refractivity contribution in [2.45, 2.75) is 40.0 Å². The molecule has 1 aromatic rings. The first kappa shape index (κ1) is 16.4. The molecule has 0 radical (unpaired) electrons. The van der Waals surface area contributed by atoms with Crippen molar-refractivity contribution < 1.29 is 9.85 Å². The molecule has 0 saturated heterocycles. The Bertz CT molecular complexity index is 758. The number of anilines is 1. The number of hydrogen-bond donors (Lipinski definition) is 1. The molecule has 0 amide bonds. The lowest BCUT2D eigenvalue weighted by molar-refractivity contribution is -0.393. The molecule has 1 aromatic carbocycles. The third-order valence-electron chi connectivity index (χ3n) is 6.21. The number of nitro groups is 2. The van der Waals surface area contributed by atoms with Gasteiger partial charge < -0.3 is 0 Å². The van der Waals surface area contributed by atoms with Gasteiger partial charge in [-0.05, 0) is 36.7 Å². The van der Waals surface area contributed by atoms with Gasteiger partial charge in [0.05, 0.1) is 15.9 Å². The standard InChI is InChI=1S/C16H20N4O4/c1-15(2)10-6-7-16(15,3)14(8-10)18-17-12-5-4-11(19(21)22)9-13(12)20(23)24/h4-5,9-10,17H,6-8H2,1-3H3/b18-14+/t10-,16+/m0/s1. The van der Waals surface area contributed by atoms with Gasteiger partial charge in [0.2, 0.25) is 0 Å². The van der Waals surface area contributed by atoms with E-state index >= 15 is 0 Å². The van der Waals surface area contributed by atoms with Gasteiger partial charge in [-0.3, -0.25) is 25.7 Å². The summed E-state index contributed by atoms with van der Waals surface area (Å²) in [5.74, 6) is 0.579. The predicted molar refractivity (Wildman–Crippen MR) is 90.0 cm³/mol. The Hall–Kier alpha value is -2.51. The van der Waals surface area contributed by atoms with Gasteiger partial charge in [0.1, 0.15) is 5.69 Å². The number of fused-ring (bicyclic) bond motifs is 2. The molecular weight excluding hydrogens is 312 g/mol. The highest BCUT2D eigenvalue weighted by Crippen LogP contribution is 2.63. The third kappa shape index (κ3) is 2.24. The zero-order valence-electron chi connectivity index (χ0n) is 13.9. The minimum absolute atomic E-state index is 0.0137. The summed E-state index contributed by atoms with van der Waals surface area (Å²) in [7, 11) is 0. The van der Waals surface area contributed by atoms with Gasteiger partial charge in [-0.1, -0.05) is 20.8 Å². The highest BCUT2D eigenvalue weighted by atomic mass is 16.6. The van der Waals surface area contributed by atoms with E-state index in [4.69, 9.17) is 0 Å². The van der Waals surface area contributed by atoms with E-state index in [9.17, 15) is 20.2 Å². The average Bonchev–Trinajstić information content (AvgIpc) is 2.85. The van der Waals surface area contributed by atoms with Crippen molar-refractivity contribution in [1.29, 1.82) is 0 Å². The lowest BCUT2D eigenvalue weighted by atomic mass is 9.70. The Kier molecular flexibility index (Phi) is 3.58. The summed E-state index contributed by atoms with van der Waals surface area (Å²) in [5, 5.41) is 26.4. The SMILES string of the molecule is CC1(C)[C@H]2CC[C@]1(C)/C(=N/Nc1ccc([N+](=O)[O-])cc1[N+](=O)[O-])C2. The molecule has 2 saturated carbocycles. The van der Waals surface area contributed by atoms with E-state index in [1.54, 1.807) is 0 Å². The second-order valence-electron chi connectivity index (χ2n) is 7.38. The Morgan fingerprint density at radius 1 is 1.21 bits per heavy atom. The van der Waals surface area contributed by atoms with E-state index in [0.717, 1.165) is 24.6 Å². The molecule has 0 aromatic heterocycles. The van der Waals surface area contributed by atoms with Crippen LogP contribution in [0.2, 0.25) is 0 Å². The third-order valence-corrected chi connectivity index (χ3v) is 6.21. The molecule has 0 aliphatic heterocycles. The van der Waals surface area contributed by atoms with Crippen LogP contribution < -0.4 is 5.43 Å². The van der Waals surface area contributed by atoms with Gasteiger partial charge >= 0.3 is 5.69 Å². The number of rotatable bonds is 4. The molecule has 0 heterocycles. The quantitative estimate of drug-likeness (QED) is 0.658. The van der Waals surface area contributed by atoms with Crippen LogP contribution in [0.15, 0.2) is 23.3 Å². The van der Waals surface area contributed by atoms with Crippen LogP contribution in [0.5, 0.6) is 0 Å². The number of hydrazone groups is 1. The molecule has 2 aliphatic carbocycles. The lowest BCUT2D eigenvalue weighted by Gasteiger charge is -2.34. The molecule has 0 spiro atoms. The first-order valence-electron chi connectivity index (χ1n) is 7.93. The van der Waals surface area contributed by atoms with Crippen molar-refractivity contribution in [3.8, 4) is 0 Å². The van der Waals surface area contributed by atoms with Gasteiger partial charge in [-0.25, -0.2) is 0 Å². The summed E-state index contributed by atoms with van der Waals surface area (Å²) >= 11 is 0. The fourth-order valence-electron chi connectivity index (χ4n) is 4.10. The van der Waals surface area contributed by atoms with Crippen molar-refractivity contribution in [2.24, 2.45) is 21.8 Å². The molecule has 24 heavy (non-hydrogen) atoms. The van der Waals surface area contributed by atoms with E-state index in [2.05, 4.69) is 31.3 Å². The topological polar surface area (TPSA) is 111 Å². The second kappa shape index (κ2) is 5.25. The van der Waals surface area contributed by atoms with Gasteiger partial charge in [-0.2, -0.15) is 5.10 Å². The Morgan fingerprint density at radius 3 is 2.42 bits per heavy atom. The van der Waals surface area contributed by atoms with Crippen LogP contribution in [-0.2, 0) is 0 Å². The number of nitrogens with one attached hydrogen (secondary N) is 1. The largest absolute Gasteiger partial charge is 0.301 e. The van der Waals surface area contributed by atoms with Gasteiger partial charge in [-0.15, -0.1) is 0 Å². The Morgan fingerprint density at radius 2 is 1.92 bits per heavy atom. The highest BCUT2D eigenvalue weighted by Gasteiger charge is 2.60. The van der Waals surface area contributed by atoms with Gasteiger partial charge in [0.25, 0.3) is 5.69 Å². The summed E-state index contributed by atoms with van der Waals surface area (Å²) in [6.07, 6.45) is 3.13. The van der Waals surface area contributed by atoms with E-state index in [1.165, 1.54) is 18.6 Å². The summed E-state index contributed by atoms with van der Waals surface area (Å²) < 4.78 is 0. The fraction of sp³-hybridized carbons (Fsp3) is 0.562. The molecule has 8 nitrogen and oxygen atoms in total. The maximum absolute atomic E-state index is 11.2. The maximum Gasteiger partial charge on any atom is 0.301 e. The molecular formula is C16H20N4O4. The Labute approximate surface area is 139 Å². The smallest absolute Gasteiger partial charge is 0.272 e. The highest BCUT2D eigenvalue weighted by molar-refractivity contribution is 5.95.